The van der Waals surface area contributed by atoms with Gasteiger partial charge < -0.3 is 10.4 Å². The standard InChI is InChI=1S/C15H18ClNO3/c1-9(10-3-2-4-13(16)8-10)17-14(18)11-5-6-12(7-11)15(19)20/h2-4,8-9,11-12H,5-7H2,1H3,(H,17,18)(H,19,20). The zero-order chi connectivity index (χ0) is 14.7. The van der Waals surface area contributed by atoms with Crippen LogP contribution in [-0.4, -0.2) is 17.0 Å². The van der Waals surface area contributed by atoms with E-state index in [-0.39, 0.29) is 23.8 Å². The molecule has 2 N–H and O–H groups in total. The number of rotatable bonds is 4. The van der Waals surface area contributed by atoms with Gasteiger partial charge in [0.25, 0.3) is 0 Å². The van der Waals surface area contributed by atoms with Crippen molar-refractivity contribution in [2.45, 2.75) is 32.2 Å². The van der Waals surface area contributed by atoms with E-state index in [1.807, 2.05) is 25.1 Å². The van der Waals surface area contributed by atoms with Gasteiger partial charge in [-0.05, 0) is 43.9 Å². The highest BCUT2D eigenvalue weighted by Gasteiger charge is 2.34. The van der Waals surface area contributed by atoms with Gasteiger partial charge in [-0.15, -0.1) is 0 Å². The lowest BCUT2D eigenvalue weighted by atomic mass is 10.0. The van der Waals surface area contributed by atoms with Gasteiger partial charge in [0.2, 0.25) is 5.91 Å². The van der Waals surface area contributed by atoms with Crippen LogP contribution < -0.4 is 5.32 Å². The quantitative estimate of drug-likeness (QED) is 0.897. The number of hydrogen-bond acceptors (Lipinski definition) is 2. The Hall–Kier alpha value is -1.55. The van der Waals surface area contributed by atoms with Crippen LogP contribution in [0.2, 0.25) is 5.02 Å². The van der Waals surface area contributed by atoms with Gasteiger partial charge in [0.05, 0.1) is 12.0 Å². The molecule has 1 aliphatic rings. The molecule has 5 heteroatoms. The lowest BCUT2D eigenvalue weighted by Crippen LogP contribution is -2.32. The predicted octanol–water partition coefficient (Wildman–Crippen LogP) is 3.02. The lowest BCUT2D eigenvalue weighted by molar-refractivity contribution is -0.141. The molecule has 3 unspecified atom stereocenters. The van der Waals surface area contributed by atoms with Gasteiger partial charge in [0.15, 0.2) is 0 Å². The Balaban J connectivity index is 1.93. The Kier molecular flexibility index (Phi) is 4.65. The summed E-state index contributed by atoms with van der Waals surface area (Å²) < 4.78 is 0. The van der Waals surface area contributed by atoms with E-state index in [2.05, 4.69) is 5.32 Å². The minimum Gasteiger partial charge on any atom is -0.481 e. The average Bonchev–Trinajstić information content (AvgIpc) is 2.88. The van der Waals surface area contributed by atoms with Crippen molar-refractivity contribution in [3.05, 3.63) is 34.9 Å². The van der Waals surface area contributed by atoms with Crippen LogP contribution in [0.5, 0.6) is 0 Å². The van der Waals surface area contributed by atoms with Gasteiger partial charge in [-0.25, -0.2) is 0 Å². The molecule has 0 spiro atoms. The van der Waals surface area contributed by atoms with Crippen molar-refractivity contribution < 1.29 is 14.7 Å². The highest BCUT2D eigenvalue weighted by atomic mass is 35.5. The molecule has 0 bridgehead atoms. The van der Waals surface area contributed by atoms with Crippen molar-refractivity contribution >= 4 is 23.5 Å². The minimum atomic E-state index is -0.803. The van der Waals surface area contributed by atoms with Crippen molar-refractivity contribution in [1.82, 2.24) is 5.32 Å². The second-order valence-electron chi connectivity index (χ2n) is 5.33. The fourth-order valence-corrected chi connectivity index (χ4v) is 2.83. The average molecular weight is 296 g/mol. The zero-order valence-electron chi connectivity index (χ0n) is 11.3. The number of carbonyl (C=O) groups is 2. The molecule has 0 heterocycles. The van der Waals surface area contributed by atoms with Gasteiger partial charge in [-0.2, -0.15) is 0 Å². The van der Waals surface area contributed by atoms with Gasteiger partial charge in [0, 0.05) is 10.9 Å². The number of benzene rings is 1. The minimum absolute atomic E-state index is 0.0683. The normalized spacial score (nSPS) is 23.3. The fraction of sp³-hybridized carbons (Fsp3) is 0.467. The largest absolute Gasteiger partial charge is 0.481 e. The molecule has 1 fully saturated rings. The van der Waals surface area contributed by atoms with Crippen LogP contribution in [-0.2, 0) is 9.59 Å². The number of halogens is 1. The number of nitrogens with one attached hydrogen (secondary N) is 1. The van der Waals surface area contributed by atoms with E-state index in [9.17, 15) is 9.59 Å². The summed E-state index contributed by atoms with van der Waals surface area (Å²) in [5.74, 6) is -1.45. The Labute approximate surface area is 123 Å². The number of amides is 1. The number of carbonyl (C=O) groups excluding carboxylic acids is 1. The highest BCUT2D eigenvalue weighted by Crippen LogP contribution is 2.31. The summed E-state index contributed by atoms with van der Waals surface area (Å²) in [6.07, 6.45) is 1.66. The molecule has 1 saturated carbocycles. The number of aliphatic carboxylic acids is 1. The maximum absolute atomic E-state index is 12.1. The van der Waals surface area contributed by atoms with E-state index in [1.165, 1.54) is 0 Å². The highest BCUT2D eigenvalue weighted by molar-refractivity contribution is 6.30. The van der Waals surface area contributed by atoms with Gasteiger partial charge in [0.1, 0.15) is 0 Å². The second kappa shape index (κ2) is 6.27. The van der Waals surface area contributed by atoms with E-state index < -0.39 is 5.97 Å². The second-order valence-corrected chi connectivity index (χ2v) is 5.77. The third-order valence-corrected chi connectivity index (χ3v) is 4.10. The smallest absolute Gasteiger partial charge is 0.306 e. The SMILES string of the molecule is CC(NC(=O)C1CCC(C(=O)O)C1)c1cccc(Cl)c1. The summed E-state index contributed by atoms with van der Waals surface area (Å²) >= 11 is 5.93. The maximum atomic E-state index is 12.1. The third kappa shape index (κ3) is 3.51. The molecule has 0 aromatic heterocycles. The Morgan fingerprint density at radius 3 is 2.65 bits per heavy atom. The van der Waals surface area contributed by atoms with Crippen LogP contribution in [0.1, 0.15) is 37.8 Å². The van der Waals surface area contributed by atoms with Crippen LogP contribution in [0.3, 0.4) is 0 Å². The molecule has 1 amide bonds. The van der Waals surface area contributed by atoms with Crippen LogP contribution in [0.25, 0.3) is 0 Å². The summed E-state index contributed by atoms with van der Waals surface area (Å²) in [5.41, 5.74) is 0.943. The molecule has 20 heavy (non-hydrogen) atoms. The van der Waals surface area contributed by atoms with E-state index in [0.29, 0.717) is 24.3 Å². The molecule has 0 aliphatic heterocycles. The molecule has 0 radical (unpaired) electrons. The summed E-state index contributed by atoms with van der Waals surface area (Å²) in [6, 6.07) is 7.22. The van der Waals surface area contributed by atoms with Crippen LogP contribution >= 0.6 is 11.6 Å². The first-order valence-corrected chi connectivity index (χ1v) is 7.14. The molecule has 1 aromatic carbocycles. The van der Waals surface area contributed by atoms with E-state index in [1.54, 1.807) is 6.07 Å². The fourth-order valence-electron chi connectivity index (χ4n) is 2.63. The summed E-state index contributed by atoms with van der Waals surface area (Å²) in [4.78, 5) is 23.0. The first-order chi connectivity index (χ1) is 9.47. The maximum Gasteiger partial charge on any atom is 0.306 e. The molecule has 3 atom stereocenters. The molecule has 1 aromatic rings. The number of carboxylic acid groups (broad SMARTS) is 1. The summed E-state index contributed by atoms with van der Waals surface area (Å²) in [5, 5.41) is 12.5. The Bertz CT molecular complexity index is 518. The van der Waals surface area contributed by atoms with E-state index in [0.717, 1.165) is 5.56 Å². The Morgan fingerprint density at radius 2 is 2.05 bits per heavy atom. The first kappa shape index (κ1) is 14.9. The van der Waals surface area contributed by atoms with E-state index in [4.69, 9.17) is 16.7 Å². The molecule has 1 aliphatic carbocycles. The third-order valence-electron chi connectivity index (χ3n) is 3.86. The molecular weight excluding hydrogens is 278 g/mol. The van der Waals surface area contributed by atoms with Crippen LogP contribution in [0.4, 0.5) is 0 Å². The van der Waals surface area contributed by atoms with Crippen molar-refractivity contribution in [1.29, 1.82) is 0 Å². The van der Waals surface area contributed by atoms with Crippen molar-refractivity contribution in [3.63, 3.8) is 0 Å². The van der Waals surface area contributed by atoms with Crippen molar-refractivity contribution in [2.24, 2.45) is 11.8 Å². The number of hydrogen-bond donors (Lipinski definition) is 2. The first-order valence-electron chi connectivity index (χ1n) is 6.76. The topological polar surface area (TPSA) is 66.4 Å². The van der Waals surface area contributed by atoms with Crippen molar-refractivity contribution in [3.8, 4) is 0 Å². The van der Waals surface area contributed by atoms with E-state index >= 15 is 0 Å². The molecule has 4 nitrogen and oxygen atoms in total. The predicted molar refractivity (Wildman–Crippen MR) is 76.5 cm³/mol. The number of carboxylic acids is 1. The summed E-state index contributed by atoms with van der Waals surface area (Å²) in [6.45, 7) is 1.90. The van der Waals surface area contributed by atoms with Gasteiger partial charge >= 0.3 is 5.97 Å². The van der Waals surface area contributed by atoms with Gasteiger partial charge in [-0.1, -0.05) is 23.7 Å². The van der Waals surface area contributed by atoms with Crippen LogP contribution in [0.15, 0.2) is 24.3 Å². The lowest BCUT2D eigenvalue weighted by Gasteiger charge is -2.17. The monoisotopic (exact) mass is 295 g/mol. The molecule has 2 rings (SSSR count). The molecular formula is C15H18ClNO3. The summed E-state index contributed by atoms with van der Waals surface area (Å²) in [7, 11) is 0. The zero-order valence-corrected chi connectivity index (χ0v) is 12.1. The van der Waals surface area contributed by atoms with Crippen molar-refractivity contribution in [2.75, 3.05) is 0 Å². The Morgan fingerprint density at radius 1 is 1.35 bits per heavy atom. The van der Waals surface area contributed by atoms with Gasteiger partial charge in [-0.3, -0.25) is 9.59 Å². The van der Waals surface area contributed by atoms with Crippen LogP contribution in [0, 0.1) is 11.8 Å². The molecule has 108 valence electrons. The molecule has 0 saturated heterocycles.